The summed E-state index contributed by atoms with van der Waals surface area (Å²) in [5.74, 6) is 1.05. The third-order valence-corrected chi connectivity index (χ3v) is 2.63. The molecule has 0 atom stereocenters. The number of carbonyl (C=O) groups is 1. The number of hydrogen-bond donors (Lipinski definition) is 0. The van der Waals surface area contributed by atoms with Gasteiger partial charge >= 0.3 is 0 Å². The molecule has 0 aromatic carbocycles. The summed E-state index contributed by atoms with van der Waals surface area (Å²) in [4.78, 5) is 13.3. The van der Waals surface area contributed by atoms with Crippen LogP contribution in [0.3, 0.4) is 0 Å². The van der Waals surface area contributed by atoms with Gasteiger partial charge in [0.25, 0.3) is 5.91 Å². The first kappa shape index (κ1) is 8.35. The molecule has 0 fully saturated rings. The van der Waals surface area contributed by atoms with Crippen molar-refractivity contribution in [2.75, 3.05) is 20.7 Å². The van der Waals surface area contributed by atoms with Crippen LogP contribution in [-0.4, -0.2) is 31.5 Å². The Hall–Kier alpha value is -1.25. The minimum Gasteiger partial charge on any atom is -0.501 e. The van der Waals surface area contributed by atoms with E-state index in [1.54, 1.807) is 12.0 Å². The third-order valence-electron chi connectivity index (χ3n) is 2.63. The van der Waals surface area contributed by atoms with Gasteiger partial charge < -0.3 is 9.64 Å². The van der Waals surface area contributed by atoms with Crippen LogP contribution in [0.5, 0.6) is 0 Å². The van der Waals surface area contributed by atoms with Crippen molar-refractivity contribution < 1.29 is 9.53 Å². The third kappa shape index (κ3) is 1.24. The number of amides is 1. The maximum Gasteiger partial charge on any atom is 0.254 e. The monoisotopic (exact) mass is 179 g/mol. The molecule has 13 heavy (non-hydrogen) atoms. The molecule has 1 heterocycles. The average molecular weight is 179 g/mol. The molecular formula is C10H13NO2. The van der Waals surface area contributed by atoms with E-state index in [1.165, 1.54) is 5.57 Å². The molecule has 2 aliphatic rings. The van der Waals surface area contributed by atoms with Crippen LogP contribution >= 0.6 is 0 Å². The molecule has 0 N–H and O–H groups in total. The Bertz CT molecular complexity index is 315. The van der Waals surface area contributed by atoms with E-state index in [0.717, 1.165) is 30.7 Å². The lowest BCUT2D eigenvalue weighted by molar-refractivity contribution is -0.124. The summed E-state index contributed by atoms with van der Waals surface area (Å²) in [6.45, 7) is 0.793. The molecule has 0 bridgehead atoms. The fourth-order valence-corrected chi connectivity index (χ4v) is 1.85. The number of rotatable bonds is 1. The smallest absolute Gasteiger partial charge is 0.254 e. The second-order valence-corrected chi connectivity index (χ2v) is 3.49. The van der Waals surface area contributed by atoms with E-state index in [4.69, 9.17) is 4.74 Å². The van der Waals surface area contributed by atoms with Crippen LogP contribution in [0.4, 0.5) is 0 Å². The molecule has 0 saturated heterocycles. The van der Waals surface area contributed by atoms with Gasteiger partial charge in [-0.1, -0.05) is 0 Å². The fourth-order valence-electron chi connectivity index (χ4n) is 1.85. The number of nitrogens with zero attached hydrogens (tertiary/aromatic N) is 1. The SMILES string of the molecule is COC1=CC2=C(CC1)CN(C)C2=O. The molecule has 0 radical (unpaired) electrons. The molecule has 0 spiro atoms. The lowest BCUT2D eigenvalue weighted by Gasteiger charge is -2.11. The quantitative estimate of drug-likeness (QED) is 0.602. The van der Waals surface area contributed by atoms with E-state index in [1.807, 2.05) is 13.1 Å². The Kier molecular flexibility index (Phi) is 1.87. The highest BCUT2D eigenvalue weighted by molar-refractivity contribution is 5.99. The van der Waals surface area contributed by atoms with Crippen molar-refractivity contribution >= 4 is 5.91 Å². The van der Waals surface area contributed by atoms with Gasteiger partial charge in [0.05, 0.1) is 12.9 Å². The number of ether oxygens (including phenoxy) is 1. The predicted molar refractivity (Wildman–Crippen MR) is 49.0 cm³/mol. The highest BCUT2D eigenvalue weighted by Gasteiger charge is 2.28. The molecule has 0 saturated carbocycles. The molecule has 1 aliphatic heterocycles. The average Bonchev–Trinajstić information content (AvgIpc) is 2.43. The summed E-state index contributed by atoms with van der Waals surface area (Å²) >= 11 is 0. The van der Waals surface area contributed by atoms with Crippen LogP contribution < -0.4 is 0 Å². The van der Waals surface area contributed by atoms with E-state index in [0.29, 0.717) is 0 Å². The van der Waals surface area contributed by atoms with E-state index < -0.39 is 0 Å². The van der Waals surface area contributed by atoms with E-state index in [9.17, 15) is 4.79 Å². The van der Waals surface area contributed by atoms with Gasteiger partial charge in [0.2, 0.25) is 0 Å². The highest BCUT2D eigenvalue weighted by atomic mass is 16.5. The van der Waals surface area contributed by atoms with Crippen LogP contribution in [0.2, 0.25) is 0 Å². The summed E-state index contributed by atoms with van der Waals surface area (Å²) in [5.41, 5.74) is 2.11. The van der Waals surface area contributed by atoms with Gasteiger partial charge in [0.15, 0.2) is 0 Å². The molecule has 0 aromatic heterocycles. The van der Waals surface area contributed by atoms with Crippen molar-refractivity contribution in [3.8, 4) is 0 Å². The maximum atomic E-state index is 11.6. The first-order valence-electron chi connectivity index (χ1n) is 4.44. The Balaban J connectivity index is 2.31. The molecule has 1 aliphatic carbocycles. The van der Waals surface area contributed by atoms with Crippen molar-refractivity contribution in [2.45, 2.75) is 12.8 Å². The van der Waals surface area contributed by atoms with Gasteiger partial charge in [-0.25, -0.2) is 0 Å². The largest absolute Gasteiger partial charge is 0.501 e. The van der Waals surface area contributed by atoms with Crippen LogP contribution in [0, 0.1) is 0 Å². The Morgan fingerprint density at radius 2 is 2.23 bits per heavy atom. The highest BCUT2D eigenvalue weighted by Crippen LogP contribution is 2.30. The minimum atomic E-state index is 0.129. The molecule has 3 nitrogen and oxygen atoms in total. The number of likely N-dealkylation sites (N-methyl/N-ethyl adjacent to an activating group) is 1. The normalized spacial score (nSPS) is 21.8. The number of allylic oxidation sites excluding steroid dienone is 1. The molecule has 0 unspecified atom stereocenters. The van der Waals surface area contributed by atoms with Gasteiger partial charge in [-0.15, -0.1) is 0 Å². The summed E-state index contributed by atoms with van der Waals surface area (Å²) in [7, 11) is 3.49. The van der Waals surface area contributed by atoms with Gasteiger partial charge in [0.1, 0.15) is 0 Å². The topological polar surface area (TPSA) is 29.5 Å². The van der Waals surface area contributed by atoms with Gasteiger partial charge in [0, 0.05) is 25.6 Å². The number of methoxy groups -OCH3 is 1. The first-order valence-corrected chi connectivity index (χ1v) is 4.44. The summed E-state index contributed by atoms with van der Waals surface area (Å²) in [6.07, 6.45) is 3.77. The Morgan fingerprint density at radius 1 is 1.46 bits per heavy atom. The van der Waals surface area contributed by atoms with Gasteiger partial charge in [-0.2, -0.15) is 0 Å². The van der Waals surface area contributed by atoms with Crippen LogP contribution in [0.1, 0.15) is 12.8 Å². The second-order valence-electron chi connectivity index (χ2n) is 3.49. The number of carbonyl (C=O) groups excluding carboxylic acids is 1. The van der Waals surface area contributed by atoms with E-state index in [2.05, 4.69) is 0 Å². The lowest BCUT2D eigenvalue weighted by atomic mass is 9.99. The zero-order chi connectivity index (χ0) is 9.42. The lowest BCUT2D eigenvalue weighted by Crippen LogP contribution is -2.21. The molecule has 3 heteroatoms. The predicted octanol–water partition coefficient (Wildman–Crippen LogP) is 1.08. The summed E-state index contributed by atoms with van der Waals surface area (Å²) < 4.78 is 5.14. The van der Waals surface area contributed by atoms with E-state index >= 15 is 0 Å². The van der Waals surface area contributed by atoms with Gasteiger partial charge in [-0.3, -0.25) is 4.79 Å². The maximum absolute atomic E-state index is 11.6. The Labute approximate surface area is 77.7 Å². The molecular weight excluding hydrogens is 166 g/mol. The van der Waals surface area contributed by atoms with Crippen LogP contribution in [0.15, 0.2) is 23.0 Å². The Morgan fingerprint density at radius 3 is 2.92 bits per heavy atom. The van der Waals surface area contributed by atoms with Crippen molar-refractivity contribution in [2.24, 2.45) is 0 Å². The molecule has 2 rings (SSSR count). The van der Waals surface area contributed by atoms with Crippen molar-refractivity contribution in [3.63, 3.8) is 0 Å². The molecule has 70 valence electrons. The standard InChI is InChI=1S/C10H13NO2/c1-11-6-7-3-4-8(13-2)5-9(7)10(11)12/h5H,3-4,6H2,1-2H3. The first-order chi connectivity index (χ1) is 6.22. The van der Waals surface area contributed by atoms with E-state index in [-0.39, 0.29) is 5.91 Å². The summed E-state index contributed by atoms with van der Waals surface area (Å²) in [6, 6.07) is 0. The van der Waals surface area contributed by atoms with Crippen molar-refractivity contribution in [1.82, 2.24) is 4.90 Å². The fraction of sp³-hybridized carbons (Fsp3) is 0.500. The second kappa shape index (κ2) is 2.91. The molecule has 1 amide bonds. The zero-order valence-electron chi connectivity index (χ0n) is 7.96. The number of hydrogen-bond acceptors (Lipinski definition) is 2. The zero-order valence-corrected chi connectivity index (χ0v) is 7.96. The van der Waals surface area contributed by atoms with Crippen LogP contribution in [0.25, 0.3) is 0 Å². The molecule has 0 aromatic rings. The van der Waals surface area contributed by atoms with Crippen LogP contribution in [-0.2, 0) is 9.53 Å². The van der Waals surface area contributed by atoms with Crippen molar-refractivity contribution in [1.29, 1.82) is 0 Å². The van der Waals surface area contributed by atoms with Crippen molar-refractivity contribution in [3.05, 3.63) is 23.0 Å². The summed E-state index contributed by atoms with van der Waals surface area (Å²) in [5, 5.41) is 0. The van der Waals surface area contributed by atoms with Gasteiger partial charge in [-0.05, 0) is 18.1 Å². The minimum absolute atomic E-state index is 0.129.